The van der Waals surface area contributed by atoms with E-state index in [0.717, 1.165) is 24.5 Å². The first-order chi connectivity index (χ1) is 8.24. The van der Waals surface area contributed by atoms with Gasteiger partial charge in [-0.15, -0.1) is 11.3 Å². The van der Waals surface area contributed by atoms with Crippen LogP contribution in [0.2, 0.25) is 0 Å². The number of rotatable bonds is 6. The predicted molar refractivity (Wildman–Crippen MR) is 79.8 cm³/mol. The van der Waals surface area contributed by atoms with Gasteiger partial charge in [0.2, 0.25) is 0 Å². The third-order valence-electron chi connectivity index (χ3n) is 3.03. The molecule has 0 radical (unpaired) electrons. The first-order valence-electron chi connectivity index (χ1n) is 6.60. The second-order valence-corrected chi connectivity index (χ2v) is 7.60. The second-order valence-electron chi connectivity index (χ2n) is 6.71. The molecule has 0 saturated carbocycles. The van der Waals surface area contributed by atoms with Crippen molar-refractivity contribution in [3.63, 3.8) is 0 Å². The fourth-order valence-corrected chi connectivity index (χ4v) is 2.85. The van der Waals surface area contributed by atoms with Gasteiger partial charge in [0, 0.05) is 18.1 Å². The van der Waals surface area contributed by atoms with Gasteiger partial charge in [0.25, 0.3) is 0 Å². The van der Waals surface area contributed by atoms with Crippen molar-refractivity contribution >= 4 is 11.3 Å². The molecule has 1 aromatic heterocycles. The van der Waals surface area contributed by atoms with E-state index < -0.39 is 0 Å². The number of nitrogens with two attached hydrogens (primary N) is 1. The van der Waals surface area contributed by atoms with Gasteiger partial charge < -0.3 is 11.1 Å². The Morgan fingerprint density at radius 3 is 2.44 bits per heavy atom. The Kier molecular flexibility index (Phi) is 5.32. The van der Waals surface area contributed by atoms with Crippen molar-refractivity contribution in [3.05, 3.63) is 16.6 Å². The van der Waals surface area contributed by atoms with E-state index in [1.165, 1.54) is 0 Å². The lowest BCUT2D eigenvalue weighted by Crippen LogP contribution is -2.41. The van der Waals surface area contributed by atoms with Crippen molar-refractivity contribution < 1.29 is 0 Å². The molecule has 1 rings (SSSR count). The summed E-state index contributed by atoms with van der Waals surface area (Å²) in [6.45, 7) is 12.8. The minimum atomic E-state index is -0.0700. The summed E-state index contributed by atoms with van der Waals surface area (Å²) in [5.74, 6) is 0.518. The van der Waals surface area contributed by atoms with E-state index in [1.54, 1.807) is 11.3 Å². The van der Waals surface area contributed by atoms with Crippen LogP contribution < -0.4 is 11.1 Å². The summed E-state index contributed by atoms with van der Waals surface area (Å²) in [6.07, 6.45) is 3.00. The van der Waals surface area contributed by atoms with Gasteiger partial charge in [-0.1, -0.05) is 20.8 Å². The smallest absolute Gasteiger partial charge is 0.112 e. The number of nitrogens with one attached hydrogen (secondary N) is 1. The summed E-state index contributed by atoms with van der Waals surface area (Å²) in [4.78, 5) is 4.39. The topological polar surface area (TPSA) is 50.9 Å². The second kappa shape index (κ2) is 6.13. The van der Waals surface area contributed by atoms with Crippen LogP contribution in [0, 0.1) is 11.3 Å². The van der Waals surface area contributed by atoms with Crippen LogP contribution in [0.5, 0.6) is 0 Å². The van der Waals surface area contributed by atoms with Gasteiger partial charge in [-0.05, 0) is 38.1 Å². The molecule has 0 amide bonds. The molecule has 0 aliphatic rings. The van der Waals surface area contributed by atoms with Crippen molar-refractivity contribution in [2.24, 2.45) is 17.1 Å². The quantitative estimate of drug-likeness (QED) is 0.835. The molecule has 0 aromatic carbocycles. The standard InChI is InChI=1S/C14H27N3S/c1-13(2,3)8-11(9-15)10-17-14(4,5)12-16-6-7-18-12/h6-7,11,17H,8-10,15H2,1-5H3. The number of hydrogen-bond donors (Lipinski definition) is 2. The van der Waals surface area contributed by atoms with Gasteiger partial charge in [-0.2, -0.15) is 0 Å². The molecule has 18 heavy (non-hydrogen) atoms. The molecule has 3 N–H and O–H groups in total. The van der Waals surface area contributed by atoms with Gasteiger partial charge in [0.05, 0.1) is 5.54 Å². The molecule has 0 aliphatic heterocycles. The van der Waals surface area contributed by atoms with Gasteiger partial charge in [0.15, 0.2) is 0 Å². The third-order valence-corrected chi connectivity index (χ3v) is 4.13. The van der Waals surface area contributed by atoms with Gasteiger partial charge >= 0.3 is 0 Å². The summed E-state index contributed by atoms with van der Waals surface area (Å²) >= 11 is 1.70. The van der Waals surface area contributed by atoms with Crippen molar-refractivity contribution in [1.29, 1.82) is 0 Å². The van der Waals surface area contributed by atoms with E-state index in [2.05, 4.69) is 44.9 Å². The van der Waals surface area contributed by atoms with Crippen molar-refractivity contribution in [2.75, 3.05) is 13.1 Å². The lowest BCUT2D eigenvalue weighted by atomic mass is 9.84. The van der Waals surface area contributed by atoms with Crippen LogP contribution in [-0.2, 0) is 5.54 Å². The van der Waals surface area contributed by atoms with Gasteiger partial charge in [-0.3, -0.25) is 0 Å². The Hall–Kier alpha value is -0.450. The molecular formula is C14H27N3S. The summed E-state index contributed by atoms with van der Waals surface area (Å²) < 4.78 is 0. The highest BCUT2D eigenvalue weighted by atomic mass is 32.1. The predicted octanol–water partition coefficient (Wildman–Crippen LogP) is 2.98. The van der Waals surface area contributed by atoms with E-state index in [9.17, 15) is 0 Å². The molecule has 0 fully saturated rings. The Morgan fingerprint density at radius 2 is 2.00 bits per heavy atom. The fraction of sp³-hybridized carbons (Fsp3) is 0.786. The molecule has 0 saturated heterocycles. The molecule has 104 valence electrons. The van der Waals surface area contributed by atoms with Crippen LogP contribution in [0.4, 0.5) is 0 Å². The average molecular weight is 269 g/mol. The molecular weight excluding hydrogens is 242 g/mol. The maximum atomic E-state index is 5.87. The van der Waals surface area contributed by atoms with Gasteiger partial charge in [0.1, 0.15) is 5.01 Å². The van der Waals surface area contributed by atoms with E-state index in [1.807, 2.05) is 11.6 Å². The number of aromatic nitrogens is 1. The average Bonchev–Trinajstić information content (AvgIpc) is 2.76. The van der Waals surface area contributed by atoms with E-state index in [0.29, 0.717) is 11.3 Å². The van der Waals surface area contributed by atoms with Crippen molar-refractivity contribution in [1.82, 2.24) is 10.3 Å². The highest BCUT2D eigenvalue weighted by Crippen LogP contribution is 2.26. The zero-order valence-corrected chi connectivity index (χ0v) is 13.1. The minimum absolute atomic E-state index is 0.0700. The Bertz CT molecular complexity index is 338. The molecule has 0 aliphatic carbocycles. The molecule has 1 heterocycles. The lowest BCUT2D eigenvalue weighted by molar-refractivity contribution is 0.267. The Morgan fingerprint density at radius 1 is 1.33 bits per heavy atom. The van der Waals surface area contributed by atoms with Crippen LogP contribution >= 0.6 is 11.3 Å². The van der Waals surface area contributed by atoms with Crippen LogP contribution in [-0.4, -0.2) is 18.1 Å². The molecule has 0 spiro atoms. The normalized spacial score (nSPS) is 14.8. The van der Waals surface area contributed by atoms with Crippen LogP contribution in [0.1, 0.15) is 46.0 Å². The Labute approximate surface area is 115 Å². The lowest BCUT2D eigenvalue weighted by Gasteiger charge is -2.30. The van der Waals surface area contributed by atoms with Crippen LogP contribution in [0.3, 0.4) is 0 Å². The monoisotopic (exact) mass is 269 g/mol. The minimum Gasteiger partial charge on any atom is -0.330 e. The molecule has 1 atom stereocenters. The summed E-state index contributed by atoms with van der Waals surface area (Å²) in [7, 11) is 0. The molecule has 1 aromatic rings. The number of nitrogens with zero attached hydrogens (tertiary/aromatic N) is 1. The largest absolute Gasteiger partial charge is 0.330 e. The summed E-state index contributed by atoms with van der Waals surface area (Å²) in [5.41, 5.74) is 6.14. The maximum Gasteiger partial charge on any atom is 0.112 e. The van der Waals surface area contributed by atoms with E-state index >= 15 is 0 Å². The molecule has 4 heteroatoms. The van der Waals surface area contributed by atoms with Crippen LogP contribution in [0.25, 0.3) is 0 Å². The third kappa shape index (κ3) is 5.04. The molecule has 3 nitrogen and oxygen atoms in total. The maximum absolute atomic E-state index is 5.87. The highest BCUT2D eigenvalue weighted by molar-refractivity contribution is 7.09. The molecule has 1 unspecified atom stereocenters. The molecule has 0 bridgehead atoms. The first kappa shape index (κ1) is 15.6. The highest BCUT2D eigenvalue weighted by Gasteiger charge is 2.25. The van der Waals surface area contributed by atoms with Gasteiger partial charge in [-0.25, -0.2) is 4.98 Å². The number of thiazole rings is 1. The SMILES string of the molecule is CC(C)(C)CC(CN)CNC(C)(C)c1nccs1. The zero-order chi connectivity index (χ0) is 13.8. The first-order valence-corrected chi connectivity index (χ1v) is 7.47. The summed E-state index contributed by atoms with van der Waals surface area (Å²) in [5, 5.41) is 6.76. The van der Waals surface area contributed by atoms with Crippen molar-refractivity contribution in [3.8, 4) is 0 Å². The fourth-order valence-electron chi connectivity index (χ4n) is 2.11. The van der Waals surface area contributed by atoms with E-state index in [4.69, 9.17) is 5.73 Å². The Balaban J connectivity index is 2.52. The zero-order valence-electron chi connectivity index (χ0n) is 12.3. The van der Waals surface area contributed by atoms with Crippen molar-refractivity contribution in [2.45, 2.75) is 46.6 Å². The van der Waals surface area contributed by atoms with Crippen LogP contribution in [0.15, 0.2) is 11.6 Å². The summed E-state index contributed by atoms with van der Waals surface area (Å²) in [6, 6.07) is 0. The van der Waals surface area contributed by atoms with E-state index in [-0.39, 0.29) is 5.54 Å². The number of hydrogen-bond acceptors (Lipinski definition) is 4.